The van der Waals surface area contributed by atoms with Crippen molar-refractivity contribution in [3.63, 3.8) is 0 Å². The fourth-order valence-electron chi connectivity index (χ4n) is 3.56. The number of carbonyl (C=O) groups excluding carboxylic acids is 2. The molecule has 1 aliphatic carbocycles. The number of piperidine rings is 1. The van der Waals surface area contributed by atoms with Gasteiger partial charge in [0.05, 0.1) is 12.0 Å². The molecule has 0 aromatic heterocycles. The first-order chi connectivity index (χ1) is 9.42. The van der Waals surface area contributed by atoms with Gasteiger partial charge in [0.25, 0.3) is 5.92 Å². The van der Waals surface area contributed by atoms with Crippen molar-refractivity contribution in [1.29, 1.82) is 0 Å². The topological polar surface area (TPSA) is 49.4 Å². The molecule has 2 amide bonds. The normalized spacial score (nSPS) is 32.4. The van der Waals surface area contributed by atoms with Crippen molar-refractivity contribution in [3.05, 3.63) is 11.6 Å². The van der Waals surface area contributed by atoms with Gasteiger partial charge in [0.2, 0.25) is 11.8 Å². The Morgan fingerprint density at radius 3 is 2.75 bits per heavy atom. The molecule has 2 fully saturated rings. The number of likely N-dealkylation sites (tertiary alicyclic amines) is 1. The zero-order valence-electron chi connectivity index (χ0n) is 11.3. The predicted molar refractivity (Wildman–Crippen MR) is 68.1 cm³/mol. The molecule has 3 aliphatic rings. The zero-order chi connectivity index (χ0) is 14.4. The van der Waals surface area contributed by atoms with Crippen molar-refractivity contribution in [1.82, 2.24) is 10.2 Å². The molecule has 2 aliphatic heterocycles. The molecular weight excluding hydrogens is 266 g/mol. The number of alkyl halides is 2. The van der Waals surface area contributed by atoms with E-state index in [2.05, 4.69) is 5.32 Å². The van der Waals surface area contributed by atoms with Crippen molar-refractivity contribution in [2.75, 3.05) is 19.6 Å². The molecule has 6 heteroatoms. The minimum Gasteiger partial charge on any atom is -0.356 e. The van der Waals surface area contributed by atoms with Crippen LogP contribution in [0.4, 0.5) is 8.78 Å². The number of halogens is 2. The largest absolute Gasteiger partial charge is 0.356 e. The summed E-state index contributed by atoms with van der Waals surface area (Å²) in [5.74, 6) is -3.65. The molecule has 0 aromatic carbocycles. The molecule has 0 radical (unpaired) electrons. The summed E-state index contributed by atoms with van der Waals surface area (Å²) in [7, 11) is 0. The summed E-state index contributed by atoms with van der Waals surface area (Å²) >= 11 is 0. The van der Waals surface area contributed by atoms with E-state index in [0.717, 1.165) is 12.8 Å². The van der Waals surface area contributed by atoms with Crippen LogP contribution in [0.15, 0.2) is 11.6 Å². The number of hydrogen-bond donors (Lipinski definition) is 1. The van der Waals surface area contributed by atoms with E-state index in [1.54, 1.807) is 0 Å². The highest BCUT2D eigenvalue weighted by Crippen LogP contribution is 2.43. The first kappa shape index (κ1) is 13.5. The molecule has 1 N–H and O–H groups in total. The number of rotatable bonds is 1. The van der Waals surface area contributed by atoms with Gasteiger partial charge in [-0.2, -0.15) is 0 Å². The van der Waals surface area contributed by atoms with Crippen molar-refractivity contribution in [3.8, 4) is 0 Å². The lowest BCUT2D eigenvalue weighted by molar-refractivity contribution is -0.157. The fourth-order valence-corrected chi connectivity index (χ4v) is 3.56. The summed E-state index contributed by atoms with van der Waals surface area (Å²) < 4.78 is 28.0. The summed E-state index contributed by atoms with van der Waals surface area (Å²) in [6.45, 7) is -0.0392. The number of nitrogens with zero attached hydrogens (tertiary/aromatic N) is 1. The highest BCUT2D eigenvalue weighted by molar-refractivity contribution is 5.95. The number of hydrogen-bond acceptors (Lipinski definition) is 2. The van der Waals surface area contributed by atoms with E-state index in [4.69, 9.17) is 0 Å². The molecule has 0 bridgehead atoms. The highest BCUT2D eigenvalue weighted by Gasteiger charge is 2.55. The van der Waals surface area contributed by atoms with Gasteiger partial charge in [-0.15, -0.1) is 0 Å². The second kappa shape index (κ2) is 4.53. The molecule has 0 aromatic rings. The number of amides is 2. The first-order valence-corrected chi connectivity index (χ1v) is 7.06. The van der Waals surface area contributed by atoms with E-state index in [0.29, 0.717) is 25.0 Å². The quantitative estimate of drug-likeness (QED) is 0.792. The minimum absolute atomic E-state index is 0.116. The van der Waals surface area contributed by atoms with Crippen LogP contribution in [0.2, 0.25) is 0 Å². The third-order valence-electron chi connectivity index (χ3n) is 4.49. The van der Waals surface area contributed by atoms with E-state index in [1.807, 2.05) is 6.08 Å². The van der Waals surface area contributed by atoms with Crippen LogP contribution in [0.5, 0.6) is 0 Å². The van der Waals surface area contributed by atoms with E-state index in [9.17, 15) is 18.4 Å². The van der Waals surface area contributed by atoms with Crippen LogP contribution in [0.1, 0.15) is 32.1 Å². The standard InChI is InChI=1S/C14H18F2N2O2/c15-14(16)7-13(5-6-17-12(13)20)8-18(9-14)11(19)10-3-1-2-4-10/h3H,1-2,4-9H2,(H,17,20). The van der Waals surface area contributed by atoms with Gasteiger partial charge in [0.15, 0.2) is 0 Å². The summed E-state index contributed by atoms with van der Waals surface area (Å²) in [4.78, 5) is 25.4. The Kier molecular flexibility index (Phi) is 3.06. The summed E-state index contributed by atoms with van der Waals surface area (Å²) in [5, 5.41) is 2.62. The van der Waals surface area contributed by atoms with Crippen LogP contribution in [0.25, 0.3) is 0 Å². The highest BCUT2D eigenvalue weighted by atomic mass is 19.3. The summed E-state index contributed by atoms with van der Waals surface area (Å²) in [5.41, 5.74) is -0.479. The molecule has 1 spiro atoms. The number of nitrogens with one attached hydrogen (secondary N) is 1. The van der Waals surface area contributed by atoms with E-state index < -0.39 is 24.3 Å². The maximum atomic E-state index is 14.0. The van der Waals surface area contributed by atoms with E-state index in [-0.39, 0.29) is 18.4 Å². The Bertz CT molecular complexity index is 490. The molecule has 3 rings (SSSR count). The van der Waals surface area contributed by atoms with Gasteiger partial charge in [-0.3, -0.25) is 9.59 Å². The van der Waals surface area contributed by atoms with Crippen molar-refractivity contribution in [2.24, 2.45) is 5.41 Å². The lowest BCUT2D eigenvalue weighted by Gasteiger charge is -2.42. The predicted octanol–water partition coefficient (Wildman–Crippen LogP) is 1.47. The molecule has 4 nitrogen and oxygen atoms in total. The maximum absolute atomic E-state index is 14.0. The Morgan fingerprint density at radius 2 is 2.15 bits per heavy atom. The van der Waals surface area contributed by atoms with Gasteiger partial charge < -0.3 is 10.2 Å². The lowest BCUT2D eigenvalue weighted by atomic mass is 9.77. The lowest BCUT2D eigenvalue weighted by Crippen LogP contribution is -2.57. The summed E-state index contributed by atoms with van der Waals surface area (Å²) in [6.07, 6.45) is 4.14. The fraction of sp³-hybridized carbons (Fsp3) is 0.714. The van der Waals surface area contributed by atoms with Crippen molar-refractivity contribution < 1.29 is 18.4 Å². The van der Waals surface area contributed by atoms with Gasteiger partial charge in [0, 0.05) is 25.1 Å². The van der Waals surface area contributed by atoms with Crippen LogP contribution in [0, 0.1) is 5.41 Å². The van der Waals surface area contributed by atoms with Gasteiger partial charge >= 0.3 is 0 Å². The molecule has 1 atom stereocenters. The van der Waals surface area contributed by atoms with Crippen LogP contribution in [0.3, 0.4) is 0 Å². The monoisotopic (exact) mass is 284 g/mol. The smallest absolute Gasteiger partial charge is 0.266 e. The maximum Gasteiger partial charge on any atom is 0.266 e. The second-order valence-electron chi connectivity index (χ2n) is 6.10. The Morgan fingerprint density at radius 1 is 1.35 bits per heavy atom. The van der Waals surface area contributed by atoms with Gasteiger partial charge in [-0.25, -0.2) is 8.78 Å². The van der Waals surface area contributed by atoms with E-state index in [1.165, 1.54) is 4.90 Å². The van der Waals surface area contributed by atoms with Crippen LogP contribution >= 0.6 is 0 Å². The first-order valence-electron chi connectivity index (χ1n) is 7.06. The van der Waals surface area contributed by atoms with Gasteiger partial charge in [-0.05, 0) is 25.7 Å². The minimum atomic E-state index is -2.99. The molecule has 20 heavy (non-hydrogen) atoms. The molecule has 0 saturated carbocycles. The average molecular weight is 284 g/mol. The molecular formula is C14H18F2N2O2. The molecule has 110 valence electrons. The van der Waals surface area contributed by atoms with Crippen molar-refractivity contribution >= 4 is 11.8 Å². The molecule has 2 heterocycles. The third kappa shape index (κ3) is 2.21. The third-order valence-corrected chi connectivity index (χ3v) is 4.49. The number of carbonyl (C=O) groups is 2. The second-order valence-corrected chi connectivity index (χ2v) is 6.10. The van der Waals surface area contributed by atoms with Gasteiger partial charge in [-0.1, -0.05) is 6.08 Å². The number of allylic oxidation sites excluding steroid dienone is 1. The Hall–Kier alpha value is -1.46. The molecule has 1 unspecified atom stereocenters. The van der Waals surface area contributed by atoms with Crippen LogP contribution in [-0.2, 0) is 9.59 Å². The molecule has 2 saturated heterocycles. The average Bonchev–Trinajstić information content (AvgIpc) is 2.98. The Labute approximate surface area is 116 Å². The van der Waals surface area contributed by atoms with Crippen molar-refractivity contribution in [2.45, 2.75) is 38.0 Å². The van der Waals surface area contributed by atoms with Gasteiger partial charge in [0.1, 0.15) is 0 Å². The zero-order valence-corrected chi connectivity index (χ0v) is 11.3. The van der Waals surface area contributed by atoms with E-state index >= 15 is 0 Å². The SMILES string of the molecule is O=C(C1=CCCC1)N1CC(F)(F)CC2(CCNC2=O)C1. The summed E-state index contributed by atoms with van der Waals surface area (Å²) in [6, 6.07) is 0. The van der Waals surface area contributed by atoms with Crippen LogP contribution in [-0.4, -0.2) is 42.3 Å². The Balaban J connectivity index is 1.84. The van der Waals surface area contributed by atoms with Crippen LogP contribution < -0.4 is 5.32 Å².